The van der Waals surface area contributed by atoms with E-state index in [9.17, 15) is 4.39 Å². The van der Waals surface area contributed by atoms with Crippen LogP contribution in [0.5, 0.6) is 5.75 Å². The van der Waals surface area contributed by atoms with Gasteiger partial charge in [-0.25, -0.2) is 0 Å². The van der Waals surface area contributed by atoms with E-state index >= 15 is 0 Å². The quantitative estimate of drug-likeness (QED) is 0.880. The van der Waals surface area contributed by atoms with Crippen LogP contribution in [0.2, 0.25) is 0 Å². The summed E-state index contributed by atoms with van der Waals surface area (Å²) in [4.78, 5) is 0. The van der Waals surface area contributed by atoms with Crippen LogP contribution < -0.4 is 10.5 Å². The van der Waals surface area contributed by atoms with Crippen molar-refractivity contribution in [2.75, 3.05) is 20.3 Å². The molecule has 0 aliphatic carbocycles. The molecule has 1 aromatic carbocycles. The molecule has 2 N–H and O–H groups in total. The highest BCUT2D eigenvalue weighted by atomic mass is 19.1. The minimum absolute atomic E-state index is 0.163. The van der Waals surface area contributed by atoms with Crippen molar-refractivity contribution in [2.24, 2.45) is 5.73 Å². The summed E-state index contributed by atoms with van der Waals surface area (Å²) in [7, 11) is 0.500. The fourth-order valence-electron chi connectivity index (χ4n) is 2.43. The van der Waals surface area contributed by atoms with Gasteiger partial charge >= 0.3 is 0 Å². The highest BCUT2D eigenvalue weighted by Crippen LogP contribution is 2.43. The molecule has 0 spiro atoms. The van der Waals surface area contributed by atoms with E-state index in [2.05, 4.69) is 32.0 Å². The van der Waals surface area contributed by atoms with Gasteiger partial charge in [0.25, 0.3) is 0 Å². The standard InChI is InChI=1S/C13H19NO.CH3F/c1-3-13(6-7-14)9-15-12-5-4-10(2)8-11(12)13;1-2/h4-5,8H,3,6-7,9,14H2,1-2H3;1H3. The maximum atomic E-state index is 9.50. The van der Waals surface area contributed by atoms with Gasteiger partial charge in [0.1, 0.15) is 5.75 Å². The molecule has 17 heavy (non-hydrogen) atoms. The highest BCUT2D eigenvalue weighted by molar-refractivity contribution is 5.45. The van der Waals surface area contributed by atoms with Crippen molar-refractivity contribution in [3.05, 3.63) is 29.3 Å². The molecule has 1 unspecified atom stereocenters. The number of fused-ring (bicyclic) bond motifs is 1. The van der Waals surface area contributed by atoms with Crippen molar-refractivity contribution in [1.82, 2.24) is 0 Å². The van der Waals surface area contributed by atoms with Crippen molar-refractivity contribution in [2.45, 2.75) is 32.1 Å². The van der Waals surface area contributed by atoms with Gasteiger partial charge in [-0.2, -0.15) is 0 Å². The maximum absolute atomic E-state index is 9.50. The first-order valence-electron chi connectivity index (χ1n) is 6.03. The molecule has 1 aromatic rings. The molecule has 3 heteroatoms. The average Bonchev–Trinajstić information content (AvgIpc) is 2.72. The van der Waals surface area contributed by atoms with Gasteiger partial charge in [-0.15, -0.1) is 0 Å². The van der Waals surface area contributed by atoms with E-state index in [-0.39, 0.29) is 5.41 Å². The molecule has 0 aromatic heterocycles. The number of hydrogen-bond donors (Lipinski definition) is 1. The molecular weight excluding hydrogens is 217 g/mol. The molecule has 2 rings (SSSR count). The number of nitrogens with two attached hydrogens (primary N) is 1. The first kappa shape index (κ1) is 14.0. The van der Waals surface area contributed by atoms with E-state index in [1.54, 1.807) is 0 Å². The van der Waals surface area contributed by atoms with Crippen LogP contribution in [0.15, 0.2) is 18.2 Å². The number of benzene rings is 1. The molecular formula is C14H22FNO. The van der Waals surface area contributed by atoms with Crippen LogP contribution in [0.4, 0.5) is 4.39 Å². The Balaban J connectivity index is 0.000000686. The summed E-state index contributed by atoms with van der Waals surface area (Å²) in [6, 6.07) is 6.44. The summed E-state index contributed by atoms with van der Waals surface area (Å²) in [5.41, 5.74) is 8.53. The Morgan fingerprint density at radius 2 is 2.12 bits per heavy atom. The molecule has 2 nitrogen and oxygen atoms in total. The Bertz CT molecular complexity index is 363. The molecule has 0 bridgehead atoms. The Labute approximate surface area is 103 Å². The first-order valence-corrected chi connectivity index (χ1v) is 6.03. The van der Waals surface area contributed by atoms with Gasteiger partial charge < -0.3 is 10.5 Å². The predicted molar refractivity (Wildman–Crippen MR) is 69.3 cm³/mol. The second kappa shape index (κ2) is 6.01. The second-order valence-corrected chi connectivity index (χ2v) is 4.46. The molecule has 0 saturated carbocycles. The topological polar surface area (TPSA) is 35.2 Å². The minimum atomic E-state index is 0.163. The van der Waals surface area contributed by atoms with Gasteiger partial charge in [-0.3, -0.25) is 4.39 Å². The molecule has 0 amide bonds. The summed E-state index contributed by atoms with van der Waals surface area (Å²) in [5, 5.41) is 0. The number of ether oxygens (including phenoxy) is 1. The third-order valence-electron chi connectivity index (χ3n) is 3.51. The number of halogens is 1. The van der Waals surface area contributed by atoms with E-state index in [4.69, 9.17) is 10.5 Å². The molecule has 1 aliphatic rings. The summed E-state index contributed by atoms with van der Waals surface area (Å²) in [5.74, 6) is 1.05. The van der Waals surface area contributed by atoms with Crippen LogP contribution in [-0.4, -0.2) is 20.3 Å². The zero-order valence-corrected chi connectivity index (χ0v) is 10.9. The lowest BCUT2D eigenvalue weighted by Gasteiger charge is -2.25. The fraction of sp³-hybridized carbons (Fsp3) is 0.571. The Kier molecular flexibility index (Phi) is 4.94. The Morgan fingerprint density at radius 3 is 2.71 bits per heavy atom. The molecule has 96 valence electrons. The predicted octanol–water partition coefficient (Wildman–Crippen LogP) is 2.97. The van der Waals surface area contributed by atoms with E-state index in [0.29, 0.717) is 7.18 Å². The minimum Gasteiger partial charge on any atom is -0.492 e. The second-order valence-electron chi connectivity index (χ2n) is 4.46. The summed E-state index contributed by atoms with van der Waals surface area (Å²) < 4.78 is 15.3. The molecule has 1 aliphatic heterocycles. The summed E-state index contributed by atoms with van der Waals surface area (Å²) in [6.07, 6.45) is 2.11. The third kappa shape index (κ3) is 2.60. The third-order valence-corrected chi connectivity index (χ3v) is 3.51. The van der Waals surface area contributed by atoms with Crippen molar-refractivity contribution in [1.29, 1.82) is 0 Å². The van der Waals surface area contributed by atoms with E-state index in [1.165, 1.54) is 11.1 Å². The lowest BCUT2D eigenvalue weighted by molar-refractivity contribution is 0.249. The van der Waals surface area contributed by atoms with Crippen molar-refractivity contribution in [3.8, 4) is 5.75 Å². The monoisotopic (exact) mass is 239 g/mol. The van der Waals surface area contributed by atoms with Gasteiger partial charge in [0.05, 0.1) is 13.8 Å². The van der Waals surface area contributed by atoms with Gasteiger partial charge in [0.2, 0.25) is 0 Å². The number of hydrogen-bond acceptors (Lipinski definition) is 2. The normalized spacial score (nSPS) is 21.2. The summed E-state index contributed by atoms with van der Waals surface area (Å²) >= 11 is 0. The van der Waals surface area contributed by atoms with Crippen molar-refractivity contribution < 1.29 is 9.13 Å². The van der Waals surface area contributed by atoms with Crippen LogP contribution in [0.3, 0.4) is 0 Å². The molecule has 1 atom stereocenters. The average molecular weight is 239 g/mol. The van der Waals surface area contributed by atoms with Gasteiger partial charge in [0, 0.05) is 11.0 Å². The Morgan fingerprint density at radius 1 is 1.41 bits per heavy atom. The molecule has 0 fully saturated rings. The smallest absolute Gasteiger partial charge is 0.123 e. The molecule has 0 saturated heterocycles. The zero-order valence-electron chi connectivity index (χ0n) is 10.9. The fourth-order valence-corrected chi connectivity index (χ4v) is 2.43. The van der Waals surface area contributed by atoms with E-state index < -0.39 is 0 Å². The number of aryl methyl sites for hydroxylation is 1. The highest BCUT2D eigenvalue weighted by Gasteiger charge is 2.38. The van der Waals surface area contributed by atoms with Crippen LogP contribution in [0.25, 0.3) is 0 Å². The van der Waals surface area contributed by atoms with Crippen LogP contribution in [0, 0.1) is 6.92 Å². The zero-order chi connectivity index (χ0) is 12.9. The molecule has 0 radical (unpaired) electrons. The van der Waals surface area contributed by atoms with Gasteiger partial charge in [0.15, 0.2) is 0 Å². The van der Waals surface area contributed by atoms with E-state index in [0.717, 1.165) is 31.7 Å². The maximum Gasteiger partial charge on any atom is 0.123 e. The van der Waals surface area contributed by atoms with Crippen LogP contribution in [-0.2, 0) is 5.41 Å². The SMILES string of the molecule is CCC1(CCN)COc2ccc(C)cc21.CF. The van der Waals surface area contributed by atoms with Crippen molar-refractivity contribution >= 4 is 0 Å². The van der Waals surface area contributed by atoms with Gasteiger partial charge in [-0.1, -0.05) is 24.6 Å². The van der Waals surface area contributed by atoms with Crippen LogP contribution >= 0.6 is 0 Å². The lowest BCUT2D eigenvalue weighted by Crippen LogP contribution is -2.30. The molecule has 1 heterocycles. The lowest BCUT2D eigenvalue weighted by atomic mass is 9.77. The first-order chi connectivity index (χ1) is 8.22. The number of alkyl halides is 1. The van der Waals surface area contributed by atoms with Crippen molar-refractivity contribution in [3.63, 3.8) is 0 Å². The summed E-state index contributed by atoms with van der Waals surface area (Å²) in [6.45, 7) is 5.86. The van der Waals surface area contributed by atoms with E-state index in [1.807, 2.05) is 0 Å². The Hall–Kier alpha value is -1.09. The number of rotatable bonds is 3. The van der Waals surface area contributed by atoms with Crippen LogP contribution in [0.1, 0.15) is 30.9 Å². The van der Waals surface area contributed by atoms with Gasteiger partial charge in [-0.05, 0) is 32.4 Å². The largest absolute Gasteiger partial charge is 0.492 e.